The zero-order valence-corrected chi connectivity index (χ0v) is 14.8. The maximum atomic E-state index is 12.8. The summed E-state index contributed by atoms with van der Waals surface area (Å²) >= 11 is 0. The number of carbonyl (C=O) groups is 1. The second-order valence-corrected chi connectivity index (χ2v) is 6.37. The van der Waals surface area contributed by atoms with E-state index in [1.54, 1.807) is 6.07 Å². The van der Waals surface area contributed by atoms with Gasteiger partial charge in [0.15, 0.2) is 0 Å². The predicted octanol–water partition coefficient (Wildman–Crippen LogP) is 3.61. The maximum Gasteiger partial charge on any atom is 0.416 e. The van der Waals surface area contributed by atoms with Crippen LogP contribution in [0.15, 0.2) is 24.3 Å². The van der Waals surface area contributed by atoms with Crippen LogP contribution in [-0.2, 0) is 17.4 Å². The van der Waals surface area contributed by atoms with E-state index in [2.05, 4.69) is 0 Å². The molecule has 0 aliphatic carbocycles. The molecule has 0 bridgehead atoms. The molecule has 0 radical (unpaired) electrons. The molecule has 0 aromatic heterocycles. The van der Waals surface area contributed by atoms with Crippen molar-refractivity contribution in [3.05, 3.63) is 35.4 Å². The molecular weight excluding hydrogens is 341 g/mol. The quantitative estimate of drug-likeness (QED) is 0.814. The number of piperidine rings is 1. The SMILES string of the molecule is CN(C)C[C@@H]1CCCCN1C(=O)Cc1cccc(C(F)(F)F)c1.Cl. The zero-order chi connectivity index (χ0) is 17.0. The number of benzene rings is 1. The first-order valence-corrected chi connectivity index (χ1v) is 7.87. The van der Waals surface area contributed by atoms with Crippen LogP contribution >= 0.6 is 12.4 Å². The Morgan fingerprint density at radius 3 is 2.62 bits per heavy atom. The van der Waals surface area contributed by atoms with Gasteiger partial charge in [-0.15, -0.1) is 12.4 Å². The lowest BCUT2D eigenvalue weighted by Gasteiger charge is -2.37. The topological polar surface area (TPSA) is 23.6 Å². The standard InChI is InChI=1S/C17H23F3N2O.ClH/c1-21(2)12-15-8-3-4-9-22(15)16(23)11-13-6-5-7-14(10-13)17(18,19)20;/h5-7,10,15H,3-4,8-9,11-12H2,1-2H3;1H/t15-;/m0./s1. The highest BCUT2D eigenvalue weighted by molar-refractivity contribution is 5.85. The van der Waals surface area contributed by atoms with Gasteiger partial charge in [-0.1, -0.05) is 18.2 Å². The second kappa shape index (κ2) is 8.72. The van der Waals surface area contributed by atoms with Gasteiger partial charge in [-0.25, -0.2) is 0 Å². The van der Waals surface area contributed by atoms with E-state index in [0.717, 1.165) is 37.9 Å². The number of nitrogens with zero attached hydrogens (tertiary/aromatic N) is 2. The molecule has 7 heteroatoms. The van der Waals surface area contributed by atoms with Crippen LogP contribution < -0.4 is 0 Å². The highest BCUT2D eigenvalue weighted by atomic mass is 35.5. The van der Waals surface area contributed by atoms with Gasteiger partial charge in [0, 0.05) is 19.1 Å². The third-order valence-corrected chi connectivity index (χ3v) is 4.13. The third-order valence-electron chi connectivity index (χ3n) is 4.13. The summed E-state index contributed by atoms with van der Waals surface area (Å²) < 4.78 is 38.3. The maximum absolute atomic E-state index is 12.8. The van der Waals surface area contributed by atoms with Crippen molar-refractivity contribution in [1.82, 2.24) is 9.80 Å². The summed E-state index contributed by atoms with van der Waals surface area (Å²) in [6.07, 6.45) is -1.36. The Morgan fingerprint density at radius 2 is 2.00 bits per heavy atom. The van der Waals surface area contributed by atoms with Crippen LogP contribution in [0.3, 0.4) is 0 Å². The fraction of sp³-hybridized carbons (Fsp3) is 0.588. The monoisotopic (exact) mass is 364 g/mol. The Morgan fingerprint density at radius 1 is 1.29 bits per heavy atom. The molecule has 2 rings (SSSR count). The molecule has 1 aromatic carbocycles. The number of hydrogen-bond donors (Lipinski definition) is 0. The van der Waals surface area contributed by atoms with Crippen molar-refractivity contribution in [2.75, 3.05) is 27.2 Å². The molecule has 3 nitrogen and oxygen atoms in total. The van der Waals surface area contributed by atoms with Crippen LogP contribution in [0, 0.1) is 0 Å². The lowest BCUT2D eigenvalue weighted by Crippen LogP contribution is -2.48. The largest absolute Gasteiger partial charge is 0.416 e. The second-order valence-electron chi connectivity index (χ2n) is 6.37. The molecule has 0 N–H and O–H groups in total. The van der Waals surface area contributed by atoms with Crippen LogP contribution in [-0.4, -0.2) is 48.9 Å². The summed E-state index contributed by atoms with van der Waals surface area (Å²) in [4.78, 5) is 16.4. The highest BCUT2D eigenvalue weighted by Gasteiger charge is 2.31. The number of likely N-dealkylation sites (N-methyl/N-ethyl adjacent to an activating group) is 1. The number of halogens is 4. The first-order chi connectivity index (χ1) is 10.8. The van der Waals surface area contributed by atoms with Crippen molar-refractivity contribution in [2.24, 2.45) is 0 Å². The van der Waals surface area contributed by atoms with Crippen LogP contribution in [0.5, 0.6) is 0 Å². The molecular formula is C17H24ClF3N2O. The van der Waals surface area contributed by atoms with Crippen molar-refractivity contribution >= 4 is 18.3 Å². The average molecular weight is 365 g/mol. The molecule has 1 amide bonds. The van der Waals surface area contributed by atoms with Gasteiger partial charge in [-0.05, 0) is 45.0 Å². The Hall–Kier alpha value is -1.27. The van der Waals surface area contributed by atoms with E-state index in [4.69, 9.17) is 0 Å². The Kier molecular flexibility index (Phi) is 7.55. The molecule has 1 aliphatic rings. The van der Waals surface area contributed by atoms with Crippen molar-refractivity contribution in [3.63, 3.8) is 0 Å². The summed E-state index contributed by atoms with van der Waals surface area (Å²) in [5.41, 5.74) is -0.287. The molecule has 1 heterocycles. The van der Waals surface area contributed by atoms with Gasteiger partial charge in [0.2, 0.25) is 5.91 Å². The molecule has 136 valence electrons. The minimum atomic E-state index is -4.38. The molecule has 1 aromatic rings. The summed E-state index contributed by atoms with van der Waals surface area (Å²) in [5.74, 6) is -0.0872. The van der Waals surface area contributed by atoms with Crippen LogP contribution in [0.2, 0.25) is 0 Å². The fourth-order valence-electron chi connectivity index (χ4n) is 3.07. The van der Waals surface area contributed by atoms with Gasteiger partial charge < -0.3 is 9.80 Å². The number of amides is 1. The minimum Gasteiger partial charge on any atom is -0.338 e. The van der Waals surface area contributed by atoms with E-state index in [1.807, 2.05) is 23.9 Å². The number of carbonyl (C=O) groups excluding carboxylic acids is 1. The smallest absolute Gasteiger partial charge is 0.338 e. The lowest BCUT2D eigenvalue weighted by molar-refractivity contribution is -0.138. The van der Waals surface area contributed by atoms with Crippen molar-refractivity contribution in [1.29, 1.82) is 0 Å². The van der Waals surface area contributed by atoms with Crippen LogP contribution in [0.4, 0.5) is 13.2 Å². The average Bonchev–Trinajstić information content (AvgIpc) is 2.46. The van der Waals surface area contributed by atoms with Gasteiger partial charge in [0.25, 0.3) is 0 Å². The summed E-state index contributed by atoms with van der Waals surface area (Å²) in [5, 5.41) is 0. The molecule has 0 saturated carbocycles. The van der Waals surface area contributed by atoms with Crippen molar-refractivity contribution in [2.45, 2.75) is 37.9 Å². The minimum absolute atomic E-state index is 0. The van der Waals surface area contributed by atoms with Gasteiger partial charge in [-0.3, -0.25) is 4.79 Å². The molecule has 0 unspecified atom stereocenters. The normalized spacial score (nSPS) is 18.4. The van der Waals surface area contributed by atoms with E-state index in [1.165, 1.54) is 6.07 Å². The first-order valence-electron chi connectivity index (χ1n) is 7.87. The van der Waals surface area contributed by atoms with Crippen LogP contribution in [0.1, 0.15) is 30.4 Å². The number of likely N-dealkylation sites (tertiary alicyclic amines) is 1. The van der Waals surface area contributed by atoms with E-state index >= 15 is 0 Å². The Balaban J connectivity index is 0.00000288. The molecule has 1 saturated heterocycles. The van der Waals surface area contributed by atoms with E-state index < -0.39 is 11.7 Å². The van der Waals surface area contributed by atoms with Gasteiger partial charge >= 0.3 is 6.18 Å². The first kappa shape index (κ1) is 20.8. The van der Waals surface area contributed by atoms with E-state index in [-0.39, 0.29) is 30.8 Å². The summed E-state index contributed by atoms with van der Waals surface area (Å²) in [6.45, 7) is 1.48. The van der Waals surface area contributed by atoms with Gasteiger partial charge in [0.05, 0.1) is 12.0 Å². The van der Waals surface area contributed by atoms with E-state index in [9.17, 15) is 18.0 Å². The number of rotatable bonds is 4. The summed E-state index contributed by atoms with van der Waals surface area (Å²) in [7, 11) is 3.92. The highest BCUT2D eigenvalue weighted by Crippen LogP contribution is 2.30. The molecule has 0 spiro atoms. The molecule has 1 fully saturated rings. The third kappa shape index (κ3) is 5.67. The fourth-order valence-corrected chi connectivity index (χ4v) is 3.07. The molecule has 1 aliphatic heterocycles. The van der Waals surface area contributed by atoms with Gasteiger partial charge in [0.1, 0.15) is 0 Å². The van der Waals surface area contributed by atoms with Crippen LogP contribution in [0.25, 0.3) is 0 Å². The number of alkyl halides is 3. The van der Waals surface area contributed by atoms with Gasteiger partial charge in [-0.2, -0.15) is 13.2 Å². The number of hydrogen-bond acceptors (Lipinski definition) is 2. The van der Waals surface area contributed by atoms with Crippen molar-refractivity contribution in [3.8, 4) is 0 Å². The Labute approximate surface area is 147 Å². The lowest BCUT2D eigenvalue weighted by atomic mass is 10.00. The van der Waals surface area contributed by atoms with Crippen molar-refractivity contribution < 1.29 is 18.0 Å². The Bertz CT molecular complexity index is 549. The van der Waals surface area contributed by atoms with E-state index in [0.29, 0.717) is 12.1 Å². The zero-order valence-electron chi connectivity index (χ0n) is 14.0. The predicted molar refractivity (Wildman–Crippen MR) is 90.3 cm³/mol. The summed E-state index contributed by atoms with van der Waals surface area (Å²) in [6, 6.07) is 5.20. The molecule has 1 atom stereocenters. The molecule has 24 heavy (non-hydrogen) atoms.